The van der Waals surface area contributed by atoms with Gasteiger partial charge < -0.3 is 0 Å². The van der Waals surface area contributed by atoms with Gasteiger partial charge in [0.25, 0.3) is 0 Å². The zero-order chi connectivity index (χ0) is 3.70. The summed E-state index contributed by atoms with van der Waals surface area (Å²) in [6.07, 6.45) is 0. The van der Waals surface area contributed by atoms with E-state index in [9.17, 15) is 4.21 Å². The number of hydrogen-bond acceptors (Lipinski definition) is 1. The first-order valence-electron chi connectivity index (χ1n) is 1.45. The van der Waals surface area contributed by atoms with Crippen LogP contribution in [0, 0.1) is 0 Å². The predicted octanol–water partition coefficient (Wildman–Crippen LogP) is 0.342. The van der Waals surface area contributed by atoms with Crippen molar-refractivity contribution in [3.8, 4) is 0 Å². The zero-order valence-electron chi connectivity index (χ0n) is 2.73. The van der Waals surface area contributed by atoms with Crippen LogP contribution in [0.5, 0.6) is 0 Å². The maximum absolute atomic E-state index is 10.0. The summed E-state index contributed by atoms with van der Waals surface area (Å²) >= 11 is 0. The van der Waals surface area contributed by atoms with Crippen LogP contribution in [0.4, 0.5) is 0 Å². The summed E-state index contributed by atoms with van der Waals surface area (Å²) in [4.78, 5) is 0. The molecule has 1 saturated heterocycles. The van der Waals surface area contributed by atoms with Crippen LogP contribution in [0.1, 0.15) is 0 Å². The quantitative estimate of drug-likeness (QED) is 0.409. The number of rotatable bonds is 0. The molecular weight excluding hydrogens is 103 g/mol. The highest BCUT2D eigenvalue weighted by molar-refractivity contribution is 8.02. The second-order valence-corrected chi connectivity index (χ2v) is 4.67. The van der Waals surface area contributed by atoms with Gasteiger partial charge in [0.1, 0.15) is 0 Å². The molecule has 1 fully saturated rings. The Hall–Kier alpha value is 0.580. The van der Waals surface area contributed by atoms with Crippen LogP contribution < -0.4 is 0 Å². The highest BCUT2D eigenvalue weighted by atomic mass is 32.2. The van der Waals surface area contributed by atoms with Crippen molar-refractivity contribution in [2.75, 3.05) is 11.0 Å². The molecule has 5 heavy (non-hydrogen) atoms. The Balaban J connectivity index is 2.32. The van der Waals surface area contributed by atoms with Gasteiger partial charge in [-0.2, -0.15) is 0 Å². The van der Waals surface area contributed by atoms with Crippen LogP contribution in [0.15, 0.2) is 0 Å². The fourth-order valence-electron chi connectivity index (χ4n) is 0.185. The summed E-state index contributed by atoms with van der Waals surface area (Å²) in [6, 6.07) is 0. The van der Waals surface area contributed by atoms with E-state index in [1.165, 1.54) is 0 Å². The highest BCUT2D eigenvalue weighted by Crippen LogP contribution is 2.23. The molecule has 0 aliphatic carbocycles. The Bertz CT molecular complexity index is 56.7. The minimum absolute atomic E-state index is 0.380. The summed E-state index contributed by atoms with van der Waals surface area (Å²) in [5, 5.41) is 0. The van der Waals surface area contributed by atoms with Gasteiger partial charge in [0, 0.05) is 21.8 Å². The van der Waals surface area contributed by atoms with Crippen LogP contribution in [0.3, 0.4) is 0 Å². The third kappa shape index (κ3) is 0.704. The lowest BCUT2D eigenvalue weighted by molar-refractivity contribution is 0.687. The summed E-state index contributed by atoms with van der Waals surface area (Å²) in [6.45, 7) is 0. The fourth-order valence-corrected chi connectivity index (χ4v) is 1.67. The minimum Gasteiger partial charge on any atom is -0.259 e. The Kier molecular flexibility index (Phi) is 1.02. The molecule has 0 amide bonds. The maximum Gasteiger partial charge on any atom is 0.0420 e. The van der Waals surface area contributed by atoms with Crippen LogP contribution in [-0.2, 0) is 10.8 Å². The van der Waals surface area contributed by atoms with E-state index in [1.807, 2.05) is 0 Å². The van der Waals surface area contributed by atoms with Gasteiger partial charge >= 0.3 is 0 Å². The summed E-state index contributed by atoms with van der Waals surface area (Å²) < 4.78 is 10.0. The molecule has 1 nitrogen and oxygen atoms in total. The third-order valence-electron chi connectivity index (χ3n) is 0.526. The van der Waals surface area contributed by atoms with E-state index in [0.29, 0.717) is 0 Å². The molecule has 1 heterocycles. The van der Waals surface area contributed by atoms with Gasteiger partial charge in [-0.25, -0.2) is 0 Å². The summed E-state index contributed by atoms with van der Waals surface area (Å²) in [5.41, 5.74) is 1.97. The lowest BCUT2D eigenvalue weighted by Gasteiger charge is -2.07. The fraction of sp³-hybridized carbons (Fsp3) is 1.00. The number of hydrogen-bond donors (Lipinski definition) is 0. The molecule has 1 aliphatic rings. The minimum atomic E-state index is -0.380. The molecule has 0 spiro atoms. The van der Waals surface area contributed by atoms with E-state index in [2.05, 4.69) is 0 Å². The molecule has 0 saturated carbocycles. The molecule has 1 rings (SSSR count). The second-order valence-electron chi connectivity index (χ2n) is 0.979. The standard InChI is InChI=1S/C2H5OPS/c3-5-1-4-2-5/h4H,1-2H2. The Labute approximate surface area is 35.4 Å². The molecule has 0 aromatic rings. The van der Waals surface area contributed by atoms with Gasteiger partial charge in [0.15, 0.2) is 0 Å². The van der Waals surface area contributed by atoms with E-state index in [0.717, 1.165) is 19.6 Å². The molecule has 0 bridgehead atoms. The van der Waals surface area contributed by atoms with Crippen molar-refractivity contribution >= 4 is 19.4 Å². The van der Waals surface area contributed by atoms with Crippen molar-refractivity contribution in [2.45, 2.75) is 0 Å². The molecular formula is C2H5OPS. The SMILES string of the molecule is O=S1CPC1. The molecule has 0 N–H and O–H groups in total. The molecule has 0 unspecified atom stereocenters. The van der Waals surface area contributed by atoms with Crippen molar-refractivity contribution in [3.05, 3.63) is 0 Å². The van der Waals surface area contributed by atoms with E-state index in [1.54, 1.807) is 0 Å². The first kappa shape index (κ1) is 3.76. The molecule has 3 heteroatoms. The Morgan fingerprint density at radius 3 is 2.00 bits per heavy atom. The average molecular weight is 108 g/mol. The summed E-state index contributed by atoms with van der Waals surface area (Å²) in [7, 11) is 0.622. The molecule has 1 aliphatic heterocycles. The average Bonchev–Trinajstić information content (AvgIpc) is 1.30. The predicted molar refractivity (Wildman–Crippen MR) is 26.2 cm³/mol. The molecule has 30 valence electrons. The van der Waals surface area contributed by atoms with E-state index >= 15 is 0 Å². The van der Waals surface area contributed by atoms with E-state index in [4.69, 9.17) is 0 Å². The molecule has 0 atom stereocenters. The van der Waals surface area contributed by atoms with Crippen LogP contribution in [0.2, 0.25) is 0 Å². The van der Waals surface area contributed by atoms with Crippen LogP contribution in [0.25, 0.3) is 0 Å². The van der Waals surface area contributed by atoms with Gasteiger partial charge in [-0.1, -0.05) is 8.58 Å². The van der Waals surface area contributed by atoms with Crippen molar-refractivity contribution < 1.29 is 4.21 Å². The zero-order valence-corrected chi connectivity index (χ0v) is 4.55. The van der Waals surface area contributed by atoms with Gasteiger partial charge in [0.2, 0.25) is 0 Å². The monoisotopic (exact) mass is 108 g/mol. The van der Waals surface area contributed by atoms with E-state index in [-0.39, 0.29) is 10.8 Å². The van der Waals surface area contributed by atoms with Gasteiger partial charge in [-0.15, -0.1) is 0 Å². The first-order chi connectivity index (χ1) is 2.39. The lowest BCUT2D eigenvalue weighted by atomic mass is 11.8. The smallest absolute Gasteiger partial charge is 0.0420 e. The maximum atomic E-state index is 10.0. The van der Waals surface area contributed by atoms with Crippen molar-refractivity contribution in [1.29, 1.82) is 0 Å². The van der Waals surface area contributed by atoms with Crippen molar-refractivity contribution in [3.63, 3.8) is 0 Å². The van der Waals surface area contributed by atoms with Crippen LogP contribution >= 0.6 is 8.58 Å². The van der Waals surface area contributed by atoms with E-state index < -0.39 is 0 Å². The topological polar surface area (TPSA) is 17.1 Å². The third-order valence-corrected chi connectivity index (χ3v) is 4.73. The van der Waals surface area contributed by atoms with Gasteiger partial charge in [0.05, 0.1) is 0 Å². The Morgan fingerprint density at radius 1 is 1.60 bits per heavy atom. The molecule has 0 aromatic carbocycles. The van der Waals surface area contributed by atoms with Crippen molar-refractivity contribution in [1.82, 2.24) is 0 Å². The Morgan fingerprint density at radius 2 is 2.00 bits per heavy atom. The van der Waals surface area contributed by atoms with Crippen LogP contribution in [-0.4, -0.2) is 15.2 Å². The first-order valence-corrected chi connectivity index (χ1v) is 4.35. The second kappa shape index (κ2) is 1.36. The van der Waals surface area contributed by atoms with Crippen molar-refractivity contribution in [2.24, 2.45) is 0 Å². The molecule has 0 radical (unpaired) electrons. The largest absolute Gasteiger partial charge is 0.259 e. The normalized spacial score (nSPS) is 41.2. The summed E-state index contributed by atoms with van der Waals surface area (Å²) in [5.74, 6) is 0. The van der Waals surface area contributed by atoms with Gasteiger partial charge in [-0.3, -0.25) is 4.21 Å². The highest BCUT2D eigenvalue weighted by Gasteiger charge is 2.07. The lowest BCUT2D eigenvalue weighted by Crippen LogP contribution is -2.04. The molecule has 0 aromatic heterocycles. The van der Waals surface area contributed by atoms with Gasteiger partial charge in [-0.05, 0) is 0 Å².